The van der Waals surface area contributed by atoms with E-state index in [2.05, 4.69) is 30.6 Å². The third-order valence-corrected chi connectivity index (χ3v) is 5.87. The van der Waals surface area contributed by atoms with Crippen LogP contribution in [-0.2, 0) is 0 Å². The summed E-state index contributed by atoms with van der Waals surface area (Å²) in [5, 5.41) is 10.7. The van der Waals surface area contributed by atoms with E-state index in [4.69, 9.17) is 11.6 Å². The van der Waals surface area contributed by atoms with Crippen LogP contribution in [0.1, 0.15) is 31.1 Å². The van der Waals surface area contributed by atoms with Crippen LogP contribution in [0.5, 0.6) is 0 Å². The van der Waals surface area contributed by atoms with E-state index in [1.165, 1.54) is 0 Å². The van der Waals surface area contributed by atoms with Crippen molar-refractivity contribution in [2.24, 2.45) is 0 Å². The molecule has 0 spiro atoms. The van der Waals surface area contributed by atoms with Crippen molar-refractivity contribution in [1.82, 2.24) is 14.7 Å². The lowest BCUT2D eigenvalue weighted by Crippen LogP contribution is -2.72. The third-order valence-electron chi connectivity index (χ3n) is 5.62. The summed E-state index contributed by atoms with van der Waals surface area (Å²) < 4.78 is 0. The first-order chi connectivity index (χ1) is 11.8. The molecule has 0 unspecified atom stereocenters. The Hall–Kier alpha value is -1.14. The molecule has 2 atom stereocenters. The van der Waals surface area contributed by atoms with Crippen molar-refractivity contribution >= 4 is 17.5 Å². The maximum atomic E-state index is 13.0. The van der Waals surface area contributed by atoms with Crippen LogP contribution < -0.4 is 0 Å². The van der Waals surface area contributed by atoms with Gasteiger partial charge in [0.25, 0.3) is 5.91 Å². The Morgan fingerprint density at radius 3 is 2.56 bits per heavy atom. The van der Waals surface area contributed by atoms with Gasteiger partial charge in [-0.15, -0.1) is 0 Å². The molecular formula is C19H28ClN3O2. The van der Waals surface area contributed by atoms with E-state index >= 15 is 0 Å². The fraction of sp³-hybridized carbons (Fsp3) is 0.632. The molecule has 0 radical (unpaired) electrons. The molecule has 0 saturated carbocycles. The van der Waals surface area contributed by atoms with Crippen molar-refractivity contribution in [2.75, 3.05) is 39.3 Å². The Balaban J connectivity index is 1.82. The van der Waals surface area contributed by atoms with E-state index in [-0.39, 0.29) is 18.6 Å². The monoisotopic (exact) mass is 365 g/mol. The lowest BCUT2D eigenvalue weighted by molar-refractivity contribution is -0.0875. The van der Waals surface area contributed by atoms with Crippen LogP contribution in [0, 0.1) is 0 Å². The van der Waals surface area contributed by atoms with Gasteiger partial charge in [-0.2, -0.15) is 0 Å². The first kappa shape index (κ1) is 18.6. The molecule has 2 aliphatic rings. The number of halogens is 1. The van der Waals surface area contributed by atoms with Gasteiger partial charge in [-0.25, -0.2) is 0 Å². The van der Waals surface area contributed by atoms with E-state index in [1.807, 2.05) is 4.90 Å². The number of hydrogen-bond acceptors (Lipinski definition) is 4. The Labute approximate surface area is 155 Å². The molecule has 2 heterocycles. The van der Waals surface area contributed by atoms with Crippen molar-refractivity contribution in [2.45, 2.75) is 38.4 Å². The molecule has 0 aliphatic carbocycles. The summed E-state index contributed by atoms with van der Waals surface area (Å²) in [6.07, 6.45) is 0. The van der Waals surface area contributed by atoms with Crippen molar-refractivity contribution in [3.8, 4) is 0 Å². The highest BCUT2D eigenvalue weighted by molar-refractivity contribution is 6.30. The summed E-state index contributed by atoms with van der Waals surface area (Å²) in [4.78, 5) is 19.7. The summed E-state index contributed by atoms with van der Waals surface area (Å²) >= 11 is 5.94. The number of nitrogens with zero attached hydrogens (tertiary/aromatic N) is 3. The molecule has 2 fully saturated rings. The van der Waals surface area contributed by atoms with Crippen molar-refractivity contribution < 1.29 is 9.90 Å². The number of piperazine rings is 2. The highest BCUT2D eigenvalue weighted by Crippen LogP contribution is 2.29. The molecule has 0 bridgehead atoms. The third kappa shape index (κ3) is 3.70. The van der Waals surface area contributed by atoms with Crippen LogP contribution in [0.2, 0.25) is 5.02 Å². The van der Waals surface area contributed by atoms with Gasteiger partial charge in [-0.3, -0.25) is 14.6 Å². The van der Waals surface area contributed by atoms with Gasteiger partial charge >= 0.3 is 0 Å². The second kappa shape index (κ2) is 7.23. The van der Waals surface area contributed by atoms with Gasteiger partial charge in [-0.1, -0.05) is 11.6 Å². The zero-order valence-electron chi connectivity index (χ0n) is 15.3. The number of amides is 1. The van der Waals surface area contributed by atoms with Gasteiger partial charge in [-0.05, 0) is 45.0 Å². The van der Waals surface area contributed by atoms with Gasteiger partial charge in [0.2, 0.25) is 0 Å². The predicted molar refractivity (Wildman–Crippen MR) is 100 cm³/mol. The number of carbonyl (C=O) groups excluding carboxylic acids is 1. The van der Waals surface area contributed by atoms with Crippen LogP contribution in [0.25, 0.3) is 0 Å². The second-order valence-electron chi connectivity index (χ2n) is 7.78. The van der Waals surface area contributed by atoms with Gasteiger partial charge in [0.05, 0.1) is 12.1 Å². The lowest BCUT2D eigenvalue weighted by Gasteiger charge is -2.56. The summed E-state index contributed by atoms with van der Waals surface area (Å²) in [5.74, 6) is 0.0117. The molecular weight excluding hydrogens is 338 g/mol. The van der Waals surface area contributed by atoms with Gasteiger partial charge in [0, 0.05) is 55.4 Å². The predicted octanol–water partition coefficient (Wildman–Crippen LogP) is 1.94. The van der Waals surface area contributed by atoms with E-state index in [0.29, 0.717) is 29.7 Å². The van der Waals surface area contributed by atoms with E-state index in [9.17, 15) is 9.90 Å². The normalized spacial score (nSPS) is 28.2. The van der Waals surface area contributed by atoms with Gasteiger partial charge < -0.3 is 10.0 Å². The Morgan fingerprint density at radius 2 is 1.96 bits per heavy atom. The highest BCUT2D eigenvalue weighted by Gasteiger charge is 2.46. The summed E-state index contributed by atoms with van der Waals surface area (Å²) in [7, 11) is 0. The van der Waals surface area contributed by atoms with E-state index in [1.54, 1.807) is 24.3 Å². The Morgan fingerprint density at radius 1 is 1.28 bits per heavy atom. The second-order valence-corrected chi connectivity index (χ2v) is 8.22. The molecule has 1 amide bonds. The molecule has 1 N–H and O–H groups in total. The molecule has 6 heteroatoms. The zero-order valence-corrected chi connectivity index (χ0v) is 16.0. The molecule has 138 valence electrons. The van der Waals surface area contributed by atoms with Crippen LogP contribution in [0.15, 0.2) is 24.3 Å². The minimum Gasteiger partial charge on any atom is -0.394 e. The number of carbonyl (C=O) groups is 1. The Bertz CT molecular complexity index is 622. The number of aliphatic hydroxyl groups excluding tert-OH is 1. The van der Waals surface area contributed by atoms with Crippen molar-refractivity contribution in [3.63, 3.8) is 0 Å². The lowest BCUT2D eigenvalue weighted by atomic mass is 9.91. The average Bonchev–Trinajstić information content (AvgIpc) is 2.61. The molecule has 3 rings (SSSR count). The van der Waals surface area contributed by atoms with E-state index < -0.39 is 5.54 Å². The van der Waals surface area contributed by atoms with Crippen LogP contribution in [0.4, 0.5) is 0 Å². The smallest absolute Gasteiger partial charge is 0.253 e. The van der Waals surface area contributed by atoms with E-state index in [0.717, 1.165) is 19.6 Å². The fourth-order valence-electron chi connectivity index (χ4n) is 4.11. The van der Waals surface area contributed by atoms with Crippen molar-refractivity contribution in [1.29, 1.82) is 0 Å². The molecule has 1 aromatic carbocycles. The number of rotatable bonds is 3. The van der Waals surface area contributed by atoms with Gasteiger partial charge in [0.1, 0.15) is 0 Å². The number of benzene rings is 1. The highest BCUT2D eigenvalue weighted by atomic mass is 35.5. The molecule has 0 aromatic heterocycles. The van der Waals surface area contributed by atoms with Crippen LogP contribution in [-0.4, -0.2) is 82.7 Å². The molecule has 1 aromatic rings. The number of hydrogen-bond donors (Lipinski definition) is 1. The summed E-state index contributed by atoms with van der Waals surface area (Å²) in [6, 6.07) is 7.78. The largest absolute Gasteiger partial charge is 0.394 e. The first-order valence-electron chi connectivity index (χ1n) is 9.00. The number of aliphatic hydroxyl groups is 1. The fourth-order valence-corrected chi connectivity index (χ4v) is 4.23. The minimum atomic E-state index is -0.395. The van der Waals surface area contributed by atoms with Crippen molar-refractivity contribution in [3.05, 3.63) is 34.9 Å². The standard InChI is InChI=1S/C19H28ClN3O2/c1-14(2)21-8-9-23-17(10-21)11-22(12-19(23,3)13-24)18(25)15-4-6-16(20)7-5-15/h4-7,14,17,24H,8-13H2,1-3H3/t17-,19-/m0/s1. The zero-order chi connectivity index (χ0) is 18.2. The van der Waals surface area contributed by atoms with Gasteiger partial charge in [0.15, 0.2) is 0 Å². The number of fused-ring (bicyclic) bond motifs is 1. The molecule has 2 saturated heterocycles. The maximum absolute atomic E-state index is 13.0. The summed E-state index contributed by atoms with van der Waals surface area (Å²) in [6.45, 7) is 10.6. The minimum absolute atomic E-state index is 0.0117. The maximum Gasteiger partial charge on any atom is 0.253 e. The first-order valence-corrected chi connectivity index (χ1v) is 9.38. The summed E-state index contributed by atoms with van der Waals surface area (Å²) in [5.41, 5.74) is 0.253. The molecule has 25 heavy (non-hydrogen) atoms. The SMILES string of the molecule is CC(C)N1CCN2[C@H](CN(C(=O)c3ccc(Cl)cc3)C[C@@]2(C)CO)C1. The van der Waals surface area contributed by atoms with Crippen LogP contribution >= 0.6 is 11.6 Å². The average molecular weight is 366 g/mol. The topological polar surface area (TPSA) is 47.0 Å². The Kier molecular flexibility index (Phi) is 5.40. The van der Waals surface area contributed by atoms with Crippen LogP contribution in [0.3, 0.4) is 0 Å². The molecule has 2 aliphatic heterocycles. The quantitative estimate of drug-likeness (QED) is 0.889. The molecule has 5 nitrogen and oxygen atoms in total.